The van der Waals surface area contributed by atoms with Gasteiger partial charge in [0.25, 0.3) is 0 Å². The first-order chi connectivity index (χ1) is 20.5. The lowest BCUT2D eigenvalue weighted by molar-refractivity contribution is -0.178. The molecule has 1 aromatic heterocycles. The topological polar surface area (TPSA) is 78.6 Å². The molecule has 2 aliphatic carbocycles. The minimum Gasteiger partial charge on any atom is -0.386 e. The number of rotatable bonds is 13. The van der Waals surface area contributed by atoms with Crippen molar-refractivity contribution >= 4 is 11.8 Å². The highest BCUT2D eigenvalue weighted by atomic mass is 32.2. The summed E-state index contributed by atoms with van der Waals surface area (Å²) in [7, 11) is 0. The Morgan fingerprint density at radius 3 is 2.40 bits per heavy atom. The first kappa shape index (κ1) is 34.3. The normalized spacial score (nSPS) is 33.3. The molecule has 0 spiro atoms. The van der Waals surface area contributed by atoms with E-state index in [4.69, 9.17) is 14.2 Å². The van der Waals surface area contributed by atoms with Crippen molar-refractivity contribution < 1.29 is 45.7 Å². The molecule has 1 saturated heterocycles. The first-order valence-electron chi connectivity index (χ1n) is 14.8. The Bertz CT molecular complexity index is 1020. The van der Waals surface area contributed by atoms with Gasteiger partial charge in [0.1, 0.15) is 37.2 Å². The largest absolute Gasteiger partial charge is 0.386 e. The molecule has 7 nitrogen and oxygen atoms in total. The zero-order chi connectivity index (χ0) is 31.0. The van der Waals surface area contributed by atoms with E-state index < -0.39 is 60.5 Å². The third kappa shape index (κ3) is 9.69. The first-order valence-corrected chi connectivity index (χ1v) is 15.7. The van der Waals surface area contributed by atoms with Crippen LogP contribution in [-0.4, -0.2) is 92.9 Å². The van der Waals surface area contributed by atoms with Crippen molar-refractivity contribution in [2.45, 2.75) is 112 Å². The fourth-order valence-corrected chi connectivity index (χ4v) is 7.34. The summed E-state index contributed by atoms with van der Waals surface area (Å²) in [6.45, 7) is 1.33. The Hall–Kier alpha value is -1.61. The number of halogens is 6. The molecule has 43 heavy (non-hydrogen) atoms. The predicted molar refractivity (Wildman–Crippen MR) is 150 cm³/mol. The van der Waals surface area contributed by atoms with E-state index in [-0.39, 0.29) is 37.0 Å². The van der Waals surface area contributed by atoms with Crippen LogP contribution in [0.25, 0.3) is 0 Å². The zero-order valence-corrected chi connectivity index (χ0v) is 24.9. The van der Waals surface area contributed by atoms with Crippen molar-refractivity contribution in [3.05, 3.63) is 37.0 Å². The van der Waals surface area contributed by atoms with E-state index in [1.807, 2.05) is 25.2 Å². The zero-order valence-electron chi connectivity index (χ0n) is 24.1. The lowest BCUT2D eigenvalue weighted by Crippen LogP contribution is -2.55. The number of ether oxygens (including phenoxy) is 3. The van der Waals surface area contributed by atoms with Crippen LogP contribution in [0.1, 0.15) is 51.9 Å². The van der Waals surface area contributed by atoms with Crippen LogP contribution in [0.3, 0.4) is 0 Å². The average molecular weight is 642 g/mol. The van der Waals surface area contributed by atoms with Crippen LogP contribution in [-0.2, 0) is 20.8 Å². The van der Waals surface area contributed by atoms with Gasteiger partial charge in [0.2, 0.25) is 0 Å². The summed E-state index contributed by atoms with van der Waals surface area (Å²) in [5, 5.41) is 15.4. The number of aromatic nitrogens is 3. The van der Waals surface area contributed by atoms with Gasteiger partial charge in [-0.2, -0.15) is 13.9 Å². The van der Waals surface area contributed by atoms with Crippen molar-refractivity contribution in [3.8, 4) is 0 Å². The molecule has 4 rings (SSSR count). The van der Waals surface area contributed by atoms with E-state index >= 15 is 4.39 Å². The van der Waals surface area contributed by atoms with Crippen molar-refractivity contribution in [2.24, 2.45) is 11.8 Å². The van der Waals surface area contributed by atoms with Crippen molar-refractivity contribution in [2.75, 3.05) is 19.8 Å². The SMILES string of the molecule is CC(SC1COC(/C=C/C=C/C2CCC(OCC(F)(F)C(F)F)CC2)OC1)C(O)(Cn1cncn1)C1CCC(F)CC1F. The van der Waals surface area contributed by atoms with Gasteiger partial charge in [0.15, 0.2) is 6.29 Å². The monoisotopic (exact) mass is 641 g/mol. The van der Waals surface area contributed by atoms with E-state index in [2.05, 4.69) is 10.1 Å². The maximum Gasteiger partial charge on any atom is 0.330 e. The maximum absolute atomic E-state index is 15.0. The van der Waals surface area contributed by atoms with Crippen molar-refractivity contribution in [1.29, 1.82) is 0 Å². The number of allylic oxidation sites excluding steroid dienone is 3. The predicted octanol–water partition coefficient (Wildman–Crippen LogP) is 5.94. The lowest BCUT2D eigenvalue weighted by Gasteiger charge is -2.45. The number of thioether (sulfide) groups is 1. The lowest BCUT2D eigenvalue weighted by atomic mass is 9.73. The second kappa shape index (κ2) is 15.6. The molecule has 3 fully saturated rings. The van der Waals surface area contributed by atoms with E-state index in [0.717, 1.165) is 0 Å². The van der Waals surface area contributed by atoms with E-state index in [1.165, 1.54) is 29.1 Å². The molecule has 0 radical (unpaired) electrons. The molecule has 1 aliphatic heterocycles. The smallest absolute Gasteiger partial charge is 0.330 e. The summed E-state index contributed by atoms with van der Waals surface area (Å²) in [5.41, 5.74) is -1.48. The molecule has 5 unspecified atom stereocenters. The maximum atomic E-state index is 15.0. The summed E-state index contributed by atoms with van der Waals surface area (Å²) in [5.74, 6) is -4.63. The summed E-state index contributed by atoms with van der Waals surface area (Å²) in [6, 6.07) is 0. The molecule has 14 heteroatoms. The number of hydrogen-bond donors (Lipinski definition) is 1. The van der Waals surface area contributed by atoms with Gasteiger partial charge in [0, 0.05) is 17.6 Å². The van der Waals surface area contributed by atoms with Gasteiger partial charge >= 0.3 is 12.3 Å². The Morgan fingerprint density at radius 2 is 1.77 bits per heavy atom. The van der Waals surface area contributed by atoms with Crippen LogP contribution in [0.2, 0.25) is 0 Å². The number of alkyl halides is 6. The van der Waals surface area contributed by atoms with Gasteiger partial charge in [-0.3, -0.25) is 4.68 Å². The second-order valence-corrected chi connectivity index (χ2v) is 13.4. The van der Waals surface area contributed by atoms with Crippen LogP contribution in [0.4, 0.5) is 26.3 Å². The Balaban J connectivity index is 1.20. The van der Waals surface area contributed by atoms with E-state index in [9.17, 15) is 27.1 Å². The van der Waals surface area contributed by atoms with Crippen LogP contribution in [0.15, 0.2) is 37.0 Å². The molecule has 1 N–H and O–H groups in total. The molecule has 1 aromatic rings. The molecule has 0 aromatic carbocycles. The minimum atomic E-state index is -4.13. The molecular formula is C29H41F6N3O4S. The van der Waals surface area contributed by atoms with Crippen molar-refractivity contribution in [1.82, 2.24) is 14.8 Å². The molecule has 5 atom stereocenters. The highest BCUT2D eigenvalue weighted by molar-refractivity contribution is 8.00. The highest BCUT2D eigenvalue weighted by Gasteiger charge is 2.49. The number of nitrogens with zero attached hydrogens (tertiary/aromatic N) is 3. The Kier molecular flexibility index (Phi) is 12.4. The average Bonchev–Trinajstić information content (AvgIpc) is 3.48. The summed E-state index contributed by atoms with van der Waals surface area (Å²) < 4.78 is 97.8. The third-order valence-electron chi connectivity index (χ3n) is 8.54. The van der Waals surface area contributed by atoms with Crippen LogP contribution >= 0.6 is 11.8 Å². The van der Waals surface area contributed by atoms with Gasteiger partial charge in [-0.05, 0) is 50.5 Å². The van der Waals surface area contributed by atoms with Gasteiger partial charge in [0.05, 0.1) is 31.1 Å². The van der Waals surface area contributed by atoms with Crippen LogP contribution in [0.5, 0.6) is 0 Å². The number of aliphatic hydroxyl groups is 1. The fraction of sp³-hybridized carbons (Fsp3) is 0.793. The van der Waals surface area contributed by atoms with Crippen LogP contribution in [0, 0.1) is 11.8 Å². The van der Waals surface area contributed by atoms with Crippen molar-refractivity contribution in [3.63, 3.8) is 0 Å². The minimum absolute atomic E-state index is 0.0403. The number of hydrogen-bond acceptors (Lipinski definition) is 7. The molecule has 0 bridgehead atoms. The summed E-state index contributed by atoms with van der Waals surface area (Å²) in [6.07, 6.45) is 5.60. The molecule has 2 heterocycles. The third-order valence-corrected chi connectivity index (χ3v) is 10.0. The highest BCUT2D eigenvalue weighted by Crippen LogP contribution is 2.43. The fourth-order valence-electron chi connectivity index (χ4n) is 5.96. The van der Waals surface area contributed by atoms with Gasteiger partial charge < -0.3 is 19.3 Å². The Morgan fingerprint density at radius 1 is 1.07 bits per heavy atom. The summed E-state index contributed by atoms with van der Waals surface area (Å²) in [4.78, 5) is 3.92. The van der Waals surface area contributed by atoms with E-state index in [0.29, 0.717) is 38.9 Å². The molecule has 3 aliphatic rings. The van der Waals surface area contributed by atoms with Gasteiger partial charge in [-0.15, -0.1) is 11.8 Å². The Labute approximate surface area is 252 Å². The van der Waals surface area contributed by atoms with Gasteiger partial charge in [-0.25, -0.2) is 22.5 Å². The second-order valence-electron chi connectivity index (χ2n) is 11.7. The van der Waals surface area contributed by atoms with E-state index in [1.54, 1.807) is 6.08 Å². The molecular weight excluding hydrogens is 600 g/mol. The standard InChI is InChI=1S/C29H41F6N3O4S/c1-19(28(39,15-38-18-36-17-37-38)24-11-8-21(30)12-25(24)31)43-23-13-40-26(41-14-23)5-3-2-4-20-6-9-22(10-7-20)42-16-29(34,35)27(32)33/h2-5,17-27,39H,6-16H2,1H3/b4-2+,5-3+. The summed E-state index contributed by atoms with van der Waals surface area (Å²) >= 11 is 1.45. The van der Waals surface area contributed by atoms with Gasteiger partial charge in [-0.1, -0.05) is 25.2 Å². The van der Waals surface area contributed by atoms with Crippen LogP contribution < -0.4 is 0 Å². The molecule has 0 amide bonds. The quantitative estimate of drug-likeness (QED) is 0.211. The molecule has 2 saturated carbocycles. The molecule has 244 valence electrons.